The summed E-state index contributed by atoms with van der Waals surface area (Å²) >= 11 is 0. The number of hydrogen-bond donors (Lipinski definition) is 1. The Labute approximate surface area is 81.9 Å². The van der Waals surface area contributed by atoms with E-state index in [1.807, 2.05) is 0 Å². The molecule has 0 aliphatic carbocycles. The number of rotatable bonds is 4. The Hall–Kier alpha value is -0.0800. The molecule has 1 N–H and O–H groups in total. The van der Waals surface area contributed by atoms with Gasteiger partial charge in [0.1, 0.15) is 0 Å². The van der Waals surface area contributed by atoms with Crippen LogP contribution in [0.2, 0.25) is 0 Å². The molecule has 0 aromatic rings. The summed E-state index contributed by atoms with van der Waals surface area (Å²) in [7, 11) is 0. The van der Waals surface area contributed by atoms with Crippen molar-refractivity contribution in [2.24, 2.45) is 5.92 Å². The largest absolute Gasteiger partial charge is 0.395 e. The minimum atomic E-state index is 0.332. The van der Waals surface area contributed by atoms with Crippen LogP contribution in [0.1, 0.15) is 39.5 Å². The highest BCUT2D eigenvalue weighted by atomic mass is 16.3. The molecular weight excluding hydrogens is 162 g/mol. The molecule has 0 spiro atoms. The minimum absolute atomic E-state index is 0.332. The number of likely N-dealkylation sites (tertiary alicyclic amines) is 1. The average Bonchev–Trinajstić information content (AvgIpc) is 2.15. The number of hydrogen-bond acceptors (Lipinski definition) is 2. The molecular formula is C11H23NO. The van der Waals surface area contributed by atoms with E-state index in [1.165, 1.54) is 32.4 Å². The average molecular weight is 185 g/mol. The normalized spacial score (nSPS) is 22.2. The zero-order valence-corrected chi connectivity index (χ0v) is 9.00. The van der Waals surface area contributed by atoms with Crippen LogP contribution in [0.15, 0.2) is 0 Å². The molecule has 0 saturated carbocycles. The van der Waals surface area contributed by atoms with E-state index in [-0.39, 0.29) is 0 Å². The van der Waals surface area contributed by atoms with Gasteiger partial charge in [0.2, 0.25) is 0 Å². The van der Waals surface area contributed by atoms with Crippen molar-refractivity contribution < 1.29 is 5.11 Å². The van der Waals surface area contributed by atoms with E-state index >= 15 is 0 Å². The van der Waals surface area contributed by atoms with Crippen LogP contribution >= 0.6 is 0 Å². The third-order valence-corrected chi connectivity index (χ3v) is 2.86. The molecule has 0 radical (unpaired) electrons. The van der Waals surface area contributed by atoms with Gasteiger partial charge in [0.15, 0.2) is 0 Å². The Bertz CT molecular complexity index is 130. The van der Waals surface area contributed by atoms with Crippen LogP contribution in [-0.2, 0) is 0 Å². The molecule has 1 rings (SSSR count). The molecule has 1 heterocycles. The lowest BCUT2D eigenvalue weighted by molar-refractivity contribution is 0.0900. The second-order valence-corrected chi connectivity index (χ2v) is 4.56. The Kier molecular flexibility index (Phi) is 4.74. The Morgan fingerprint density at radius 1 is 1.15 bits per heavy atom. The first kappa shape index (κ1) is 11.0. The van der Waals surface area contributed by atoms with E-state index in [9.17, 15) is 5.11 Å². The smallest absolute Gasteiger partial charge is 0.0586 e. The van der Waals surface area contributed by atoms with Crippen LogP contribution in [0, 0.1) is 5.92 Å². The van der Waals surface area contributed by atoms with Crippen LogP contribution in [0.25, 0.3) is 0 Å². The fraction of sp³-hybridized carbons (Fsp3) is 1.00. The molecule has 78 valence electrons. The van der Waals surface area contributed by atoms with Gasteiger partial charge in [-0.15, -0.1) is 0 Å². The van der Waals surface area contributed by atoms with Crippen molar-refractivity contribution in [3.8, 4) is 0 Å². The topological polar surface area (TPSA) is 23.5 Å². The van der Waals surface area contributed by atoms with Gasteiger partial charge in [-0.2, -0.15) is 0 Å². The van der Waals surface area contributed by atoms with E-state index in [4.69, 9.17) is 0 Å². The van der Waals surface area contributed by atoms with Gasteiger partial charge in [-0.3, -0.25) is 4.90 Å². The molecule has 0 aromatic heterocycles. The van der Waals surface area contributed by atoms with E-state index < -0.39 is 0 Å². The molecule has 0 aromatic carbocycles. The lowest BCUT2D eigenvalue weighted by atomic mass is 10.0. The van der Waals surface area contributed by atoms with E-state index in [1.54, 1.807) is 0 Å². The predicted molar refractivity (Wildman–Crippen MR) is 55.8 cm³/mol. The van der Waals surface area contributed by atoms with Gasteiger partial charge in [0, 0.05) is 6.04 Å². The zero-order chi connectivity index (χ0) is 9.68. The standard InChI is InChI=1S/C11H23NO/c1-10(2)8-11(9-13)12-6-4-3-5-7-12/h10-11,13H,3-9H2,1-2H3/t11-/m0/s1. The third-order valence-electron chi connectivity index (χ3n) is 2.86. The van der Waals surface area contributed by atoms with Gasteiger partial charge in [-0.25, -0.2) is 0 Å². The summed E-state index contributed by atoms with van der Waals surface area (Å²) in [4.78, 5) is 2.46. The van der Waals surface area contributed by atoms with Crippen LogP contribution in [0.3, 0.4) is 0 Å². The molecule has 1 fully saturated rings. The molecule has 2 nitrogen and oxygen atoms in total. The first-order valence-electron chi connectivity index (χ1n) is 5.59. The highest BCUT2D eigenvalue weighted by Crippen LogP contribution is 2.16. The molecule has 1 saturated heterocycles. The highest BCUT2D eigenvalue weighted by molar-refractivity contribution is 4.75. The Morgan fingerprint density at radius 3 is 2.23 bits per heavy atom. The molecule has 1 aliphatic heterocycles. The van der Waals surface area contributed by atoms with E-state index in [0.29, 0.717) is 18.6 Å². The van der Waals surface area contributed by atoms with Crippen molar-refractivity contribution >= 4 is 0 Å². The van der Waals surface area contributed by atoms with Crippen LogP contribution in [-0.4, -0.2) is 35.7 Å². The number of aliphatic hydroxyl groups excluding tert-OH is 1. The summed E-state index contributed by atoms with van der Waals surface area (Å²) in [5.41, 5.74) is 0. The second kappa shape index (κ2) is 5.61. The van der Waals surface area contributed by atoms with Crippen molar-refractivity contribution in [2.45, 2.75) is 45.6 Å². The molecule has 0 amide bonds. The van der Waals surface area contributed by atoms with Gasteiger partial charge >= 0.3 is 0 Å². The van der Waals surface area contributed by atoms with Crippen molar-refractivity contribution in [1.29, 1.82) is 0 Å². The first-order valence-corrected chi connectivity index (χ1v) is 5.59. The fourth-order valence-corrected chi connectivity index (χ4v) is 2.17. The third kappa shape index (κ3) is 3.65. The summed E-state index contributed by atoms with van der Waals surface area (Å²) < 4.78 is 0. The van der Waals surface area contributed by atoms with Gasteiger partial charge in [0.25, 0.3) is 0 Å². The quantitative estimate of drug-likeness (QED) is 0.723. The Balaban J connectivity index is 2.34. The van der Waals surface area contributed by atoms with Crippen LogP contribution in [0.4, 0.5) is 0 Å². The van der Waals surface area contributed by atoms with E-state index in [2.05, 4.69) is 18.7 Å². The maximum atomic E-state index is 9.29. The molecule has 0 unspecified atom stereocenters. The van der Waals surface area contributed by atoms with Gasteiger partial charge in [0.05, 0.1) is 6.61 Å². The lowest BCUT2D eigenvalue weighted by Crippen LogP contribution is -2.42. The number of nitrogens with zero attached hydrogens (tertiary/aromatic N) is 1. The summed E-state index contributed by atoms with van der Waals surface area (Å²) in [6, 6.07) is 0.417. The van der Waals surface area contributed by atoms with Gasteiger partial charge in [-0.1, -0.05) is 20.3 Å². The monoisotopic (exact) mass is 185 g/mol. The van der Waals surface area contributed by atoms with Gasteiger partial charge in [-0.05, 0) is 38.3 Å². The summed E-state index contributed by atoms with van der Waals surface area (Å²) in [5.74, 6) is 0.694. The highest BCUT2D eigenvalue weighted by Gasteiger charge is 2.20. The molecule has 0 bridgehead atoms. The SMILES string of the molecule is CC(C)C[C@@H](CO)N1CCCCC1. The zero-order valence-electron chi connectivity index (χ0n) is 9.00. The van der Waals surface area contributed by atoms with E-state index in [0.717, 1.165) is 6.42 Å². The Morgan fingerprint density at radius 2 is 1.77 bits per heavy atom. The lowest BCUT2D eigenvalue weighted by Gasteiger charge is -2.34. The molecule has 1 aliphatic rings. The first-order chi connectivity index (χ1) is 6.24. The van der Waals surface area contributed by atoms with Crippen LogP contribution < -0.4 is 0 Å². The maximum absolute atomic E-state index is 9.29. The number of aliphatic hydroxyl groups is 1. The fourth-order valence-electron chi connectivity index (χ4n) is 2.17. The number of piperidine rings is 1. The van der Waals surface area contributed by atoms with Crippen molar-refractivity contribution in [3.05, 3.63) is 0 Å². The summed E-state index contributed by atoms with van der Waals surface area (Å²) in [6.07, 6.45) is 5.13. The van der Waals surface area contributed by atoms with Crippen LogP contribution in [0.5, 0.6) is 0 Å². The van der Waals surface area contributed by atoms with Gasteiger partial charge < -0.3 is 5.11 Å². The predicted octanol–water partition coefficient (Wildman–Crippen LogP) is 1.88. The molecule has 13 heavy (non-hydrogen) atoms. The van der Waals surface area contributed by atoms with Crippen molar-refractivity contribution in [1.82, 2.24) is 4.90 Å². The van der Waals surface area contributed by atoms with Crippen molar-refractivity contribution in [2.75, 3.05) is 19.7 Å². The summed E-state index contributed by atoms with van der Waals surface area (Å²) in [5, 5.41) is 9.29. The second-order valence-electron chi connectivity index (χ2n) is 4.56. The minimum Gasteiger partial charge on any atom is -0.395 e. The maximum Gasteiger partial charge on any atom is 0.0586 e. The van der Waals surface area contributed by atoms with Crippen molar-refractivity contribution in [3.63, 3.8) is 0 Å². The summed E-state index contributed by atoms with van der Waals surface area (Å²) in [6.45, 7) is 7.17. The molecule has 1 atom stereocenters. The molecule has 2 heteroatoms.